The predicted octanol–water partition coefficient (Wildman–Crippen LogP) is 2.94. The number of aryl methyl sites for hydroxylation is 1. The smallest absolute Gasteiger partial charge is 0.249 e. The number of piperidine rings is 1. The molecule has 112 valence electrons. The molecule has 2 heterocycles. The van der Waals surface area contributed by atoms with Gasteiger partial charge in [-0.05, 0) is 38.9 Å². The van der Waals surface area contributed by atoms with Crippen molar-refractivity contribution in [1.29, 1.82) is 0 Å². The van der Waals surface area contributed by atoms with Crippen molar-refractivity contribution < 1.29 is 4.42 Å². The van der Waals surface area contributed by atoms with Crippen LogP contribution in [-0.2, 0) is 0 Å². The molecule has 1 aliphatic rings. The van der Waals surface area contributed by atoms with E-state index in [0.29, 0.717) is 23.9 Å². The van der Waals surface area contributed by atoms with Gasteiger partial charge in [0.15, 0.2) is 0 Å². The van der Waals surface area contributed by atoms with Gasteiger partial charge in [-0.3, -0.25) is 0 Å². The topological polar surface area (TPSA) is 54.2 Å². The molecule has 0 aliphatic carbocycles. The molecule has 1 aliphatic heterocycles. The number of hydrogen-bond acceptors (Lipinski definition) is 5. The third-order valence-corrected chi connectivity index (χ3v) is 4.25. The first-order valence-corrected chi connectivity index (χ1v) is 7.50. The lowest BCUT2D eigenvalue weighted by Crippen LogP contribution is -2.42. The van der Waals surface area contributed by atoms with E-state index in [1.807, 2.05) is 25.1 Å². The van der Waals surface area contributed by atoms with E-state index in [1.165, 1.54) is 0 Å². The van der Waals surface area contributed by atoms with Crippen LogP contribution in [0.15, 0.2) is 28.7 Å². The summed E-state index contributed by atoms with van der Waals surface area (Å²) in [5.74, 6) is 1.17. The van der Waals surface area contributed by atoms with Crippen molar-refractivity contribution in [2.45, 2.75) is 38.8 Å². The second-order valence-corrected chi connectivity index (χ2v) is 5.87. The Hall–Kier alpha value is -1.88. The molecule has 5 heteroatoms. The Balaban J connectivity index is 1.80. The summed E-state index contributed by atoms with van der Waals surface area (Å²) >= 11 is 0. The zero-order valence-corrected chi connectivity index (χ0v) is 12.8. The van der Waals surface area contributed by atoms with Crippen LogP contribution in [0.2, 0.25) is 0 Å². The van der Waals surface area contributed by atoms with E-state index < -0.39 is 0 Å². The minimum Gasteiger partial charge on any atom is -0.421 e. The monoisotopic (exact) mass is 286 g/mol. The van der Waals surface area contributed by atoms with Gasteiger partial charge in [0.25, 0.3) is 0 Å². The summed E-state index contributed by atoms with van der Waals surface area (Å²) in [6, 6.07) is 9.23. The number of hydrogen-bond donors (Lipinski definition) is 1. The number of nitrogens with zero attached hydrogens (tertiary/aromatic N) is 3. The van der Waals surface area contributed by atoms with E-state index in [1.54, 1.807) is 0 Å². The molecule has 0 saturated carbocycles. The fraction of sp³-hybridized carbons (Fsp3) is 0.500. The zero-order chi connectivity index (χ0) is 14.8. The summed E-state index contributed by atoms with van der Waals surface area (Å²) in [4.78, 5) is 2.41. The highest BCUT2D eigenvalue weighted by Gasteiger charge is 2.23. The molecule has 1 N–H and O–H groups in total. The minimum absolute atomic E-state index is 0.487. The van der Waals surface area contributed by atoms with E-state index >= 15 is 0 Å². The maximum absolute atomic E-state index is 5.57. The van der Waals surface area contributed by atoms with Crippen LogP contribution in [0.25, 0.3) is 11.5 Å². The molecule has 5 nitrogen and oxygen atoms in total. The summed E-state index contributed by atoms with van der Waals surface area (Å²) in [7, 11) is 2.19. The van der Waals surface area contributed by atoms with Gasteiger partial charge in [0.2, 0.25) is 11.8 Å². The van der Waals surface area contributed by atoms with Crippen molar-refractivity contribution in [3.63, 3.8) is 0 Å². The quantitative estimate of drug-likeness (QED) is 0.940. The van der Waals surface area contributed by atoms with E-state index in [4.69, 9.17) is 4.42 Å². The highest BCUT2D eigenvalue weighted by Crippen LogP contribution is 2.29. The molecule has 21 heavy (non-hydrogen) atoms. The van der Waals surface area contributed by atoms with E-state index in [-0.39, 0.29) is 0 Å². The predicted molar refractivity (Wildman–Crippen MR) is 83.2 cm³/mol. The number of aromatic nitrogens is 2. The van der Waals surface area contributed by atoms with Crippen molar-refractivity contribution in [2.24, 2.45) is 0 Å². The highest BCUT2D eigenvalue weighted by atomic mass is 16.4. The van der Waals surface area contributed by atoms with E-state index in [2.05, 4.69) is 40.5 Å². The first kappa shape index (κ1) is 14.1. The third-order valence-electron chi connectivity index (χ3n) is 4.25. The van der Waals surface area contributed by atoms with Gasteiger partial charge in [-0.1, -0.05) is 12.1 Å². The number of para-hydroxylation sites is 1. The summed E-state index contributed by atoms with van der Waals surface area (Å²) in [5, 5.41) is 11.7. The molecule has 2 aromatic rings. The number of anilines is 1. The van der Waals surface area contributed by atoms with Gasteiger partial charge in [0.05, 0.1) is 5.56 Å². The van der Waals surface area contributed by atoms with Crippen LogP contribution in [0, 0.1) is 6.92 Å². The second kappa shape index (κ2) is 5.85. The Morgan fingerprint density at radius 3 is 2.81 bits per heavy atom. The van der Waals surface area contributed by atoms with Crippen LogP contribution in [0.1, 0.15) is 25.7 Å². The molecule has 0 bridgehead atoms. The minimum atomic E-state index is 0.487. The summed E-state index contributed by atoms with van der Waals surface area (Å²) in [6.07, 6.45) is 2.30. The molecule has 2 atom stereocenters. The maximum Gasteiger partial charge on any atom is 0.249 e. The van der Waals surface area contributed by atoms with Gasteiger partial charge < -0.3 is 14.6 Å². The average Bonchev–Trinajstić information content (AvgIpc) is 2.90. The van der Waals surface area contributed by atoms with Gasteiger partial charge >= 0.3 is 0 Å². The first-order valence-electron chi connectivity index (χ1n) is 7.50. The van der Waals surface area contributed by atoms with Crippen LogP contribution in [0.4, 0.5) is 5.69 Å². The van der Waals surface area contributed by atoms with Crippen molar-refractivity contribution in [3.8, 4) is 11.5 Å². The molecule has 1 aromatic carbocycles. The summed E-state index contributed by atoms with van der Waals surface area (Å²) < 4.78 is 5.57. The number of likely N-dealkylation sites (tertiary alicyclic amines) is 1. The molecule has 2 unspecified atom stereocenters. The van der Waals surface area contributed by atoms with Crippen LogP contribution in [0.3, 0.4) is 0 Å². The van der Waals surface area contributed by atoms with Crippen LogP contribution in [-0.4, -0.2) is 40.8 Å². The SMILES string of the molecule is Cc1nnc(-c2ccccc2NC2CCN(C)C(C)C2)o1. The largest absolute Gasteiger partial charge is 0.421 e. The fourth-order valence-corrected chi connectivity index (χ4v) is 2.84. The van der Waals surface area contributed by atoms with Gasteiger partial charge in [-0.2, -0.15) is 0 Å². The van der Waals surface area contributed by atoms with Crippen LogP contribution in [0.5, 0.6) is 0 Å². The van der Waals surface area contributed by atoms with Crippen molar-refractivity contribution in [1.82, 2.24) is 15.1 Å². The van der Waals surface area contributed by atoms with Gasteiger partial charge in [-0.15, -0.1) is 10.2 Å². The summed E-state index contributed by atoms with van der Waals surface area (Å²) in [5.41, 5.74) is 2.05. The molecule has 0 amide bonds. The zero-order valence-electron chi connectivity index (χ0n) is 12.8. The Kier molecular flexibility index (Phi) is 3.92. The normalized spacial score (nSPS) is 23.2. The van der Waals surface area contributed by atoms with Crippen LogP contribution >= 0.6 is 0 Å². The van der Waals surface area contributed by atoms with Gasteiger partial charge in [0.1, 0.15) is 0 Å². The molecule has 3 rings (SSSR count). The Morgan fingerprint density at radius 1 is 1.29 bits per heavy atom. The third kappa shape index (κ3) is 3.08. The molecule has 0 spiro atoms. The standard InChI is InChI=1S/C16H22N4O/c1-11-10-13(8-9-20(11)3)17-15-7-5-4-6-14(15)16-19-18-12(2)21-16/h4-7,11,13,17H,8-10H2,1-3H3. The van der Waals surface area contributed by atoms with Crippen molar-refractivity contribution >= 4 is 5.69 Å². The van der Waals surface area contributed by atoms with Crippen LogP contribution < -0.4 is 5.32 Å². The number of nitrogens with one attached hydrogen (secondary N) is 1. The lowest BCUT2D eigenvalue weighted by molar-refractivity contribution is 0.190. The second-order valence-electron chi connectivity index (χ2n) is 5.87. The lowest BCUT2D eigenvalue weighted by Gasteiger charge is -2.36. The Labute approximate surface area is 125 Å². The molecular formula is C16H22N4O. The van der Waals surface area contributed by atoms with Gasteiger partial charge in [0, 0.05) is 31.2 Å². The lowest BCUT2D eigenvalue weighted by atomic mass is 9.98. The Morgan fingerprint density at radius 2 is 2.10 bits per heavy atom. The maximum atomic E-state index is 5.57. The number of rotatable bonds is 3. The summed E-state index contributed by atoms with van der Waals surface area (Å²) in [6.45, 7) is 5.22. The molecule has 1 saturated heterocycles. The van der Waals surface area contributed by atoms with Crippen molar-refractivity contribution in [2.75, 3.05) is 18.9 Å². The molecule has 0 radical (unpaired) electrons. The average molecular weight is 286 g/mol. The molecule has 1 aromatic heterocycles. The molecular weight excluding hydrogens is 264 g/mol. The van der Waals surface area contributed by atoms with E-state index in [0.717, 1.165) is 30.6 Å². The number of benzene rings is 1. The molecule has 1 fully saturated rings. The fourth-order valence-electron chi connectivity index (χ4n) is 2.84. The van der Waals surface area contributed by atoms with E-state index in [9.17, 15) is 0 Å². The Bertz CT molecular complexity index is 610. The first-order chi connectivity index (χ1) is 10.1. The van der Waals surface area contributed by atoms with Gasteiger partial charge in [-0.25, -0.2) is 0 Å². The highest BCUT2D eigenvalue weighted by molar-refractivity contribution is 5.72. The van der Waals surface area contributed by atoms with Crippen molar-refractivity contribution in [3.05, 3.63) is 30.2 Å².